The molecule has 38 heavy (non-hydrogen) atoms. The fraction of sp³-hybridized carbons (Fsp3) is 0.333. The maximum atomic E-state index is 14.5. The molecule has 204 valence electrons. The number of nitrogens with two attached hydrogens (primary N) is 1. The first-order valence-electron chi connectivity index (χ1n) is 10.1. The minimum Gasteiger partial charge on any atom is -0.475 e. The highest BCUT2D eigenvalue weighted by Gasteiger charge is 2.50. The number of hydrogen-bond acceptors (Lipinski definition) is 8. The second-order valence-corrected chi connectivity index (χ2v) is 7.86. The largest absolute Gasteiger partial charge is 0.490 e. The van der Waals surface area contributed by atoms with Crippen molar-refractivity contribution in [1.82, 2.24) is 9.97 Å². The molecule has 0 bridgehead atoms. The van der Waals surface area contributed by atoms with Crippen molar-refractivity contribution >= 4 is 23.7 Å². The number of rotatable bonds is 3. The van der Waals surface area contributed by atoms with Crippen molar-refractivity contribution in [1.29, 1.82) is 5.26 Å². The van der Waals surface area contributed by atoms with E-state index >= 15 is 0 Å². The first-order chi connectivity index (χ1) is 17.4. The number of aryl methyl sites for hydroxylation is 1. The molecular formula is C21H17F7N6O4. The minimum absolute atomic E-state index is 0.00311. The van der Waals surface area contributed by atoms with Crippen molar-refractivity contribution in [3.8, 4) is 6.07 Å². The number of ether oxygens (including phenoxy) is 1. The zero-order chi connectivity index (χ0) is 29.1. The maximum Gasteiger partial charge on any atom is 0.490 e. The molecule has 0 aromatic carbocycles. The molecule has 1 aliphatic rings. The van der Waals surface area contributed by atoms with Gasteiger partial charge in [0.15, 0.2) is 6.10 Å². The number of nitrogens with zero attached hydrogens (tertiary/aromatic N) is 4. The van der Waals surface area contributed by atoms with E-state index in [9.17, 15) is 35.5 Å². The van der Waals surface area contributed by atoms with Crippen LogP contribution in [0.2, 0.25) is 0 Å². The Balaban J connectivity index is 0.000000638. The summed E-state index contributed by atoms with van der Waals surface area (Å²) in [6.07, 6.45) is -11.7. The van der Waals surface area contributed by atoms with Gasteiger partial charge in [0.25, 0.3) is 11.9 Å². The van der Waals surface area contributed by atoms with Crippen molar-refractivity contribution in [2.75, 3.05) is 5.32 Å². The van der Waals surface area contributed by atoms with Gasteiger partial charge in [0, 0.05) is 12.6 Å². The lowest BCUT2D eigenvalue weighted by Crippen LogP contribution is -2.46. The third-order valence-corrected chi connectivity index (χ3v) is 4.83. The van der Waals surface area contributed by atoms with E-state index in [2.05, 4.69) is 25.0 Å². The average Bonchev–Trinajstić information content (AvgIpc) is 2.78. The number of amidine groups is 1. The second kappa shape index (κ2) is 10.9. The highest BCUT2D eigenvalue weighted by molar-refractivity contribution is 6.03. The van der Waals surface area contributed by atoms with Crippen LogP contribution in [0, 0.1) is 24.1 Å². The number of hydrogen-bond donors (Lipinski definition) is 3. The number of nitrogens with one attached hydrogen (secondary N) is 1. The van der Waals surface area contributed by atoms with Gasteiger partial charge in [-0.3, -0.25) is 4.79 Å². The van der Waals surface area contributed by atoms with E-state index in [1.54, 1.807) is 6.92 Å². The van der Waals surface area contributed by atoms with Crippen LogP contribution in [0.3, 0.4) is 0 Å². The highest BCUT2D eigenvalue weighted by Crippen LogP contribution is 2.40. The Bertz CT molecular complexity index is 1310. The van der Waals surface area contributed by atoms with Crippen molar-refractivity contribution in [3.05, 3.63) is 52.7 Å². The predicted molar refractivity (Wildman–Crippen MR) is 114 cm³/mol. The lowest BCUT2D eigenvalue weighted by atomic mass is 9.89. The third kappa shape index (κ3) is 7.27. The molecule has 1 amide bonds. The van der Waals surface area contributed by atoms with Crippen LogP contribution in [-0.4, -0.2) is 51.4 Å². The summed E-state index contributed by atoms with van der Waals surface area (Å²) in [5.74, 6) is -4.50. The Morgan fingerprint density at radius 2 is 1.87 bits per heavy atom. The number of amides is 1. The number of carbonyl (C=O) groups is 2. The topological polar surface area (TPSA) is 164 Å². The molecule has 0 spiro atoms. The number of alkyl halides is 6. The fourth-order valence-electron chi connectivity index (χ4n) is 3.13. The number of halogens is 7. The van der Waals surface area contributed by atoms with Crippen LogP contribution in [0.5, 0.6) is 0 Å². The molecule has 2 atom stereocenters. The fourth-order valence-corrected chi connectivity index (χ4v) is 3.13. The molecule has 0 unspecified atom stereocenters. The Morgan fingerprint density at radius 1 is 1.26 bits per heavy atom. The van der Waals surface area contributed by atoms with Gasteiger partial charge in [-0.25, -0.2) is 24.1 Å². The van der Waals surface area contributed by atoms with E-state index in [1.807, 2.05) is 6.07 Å². The van der Waals surface area contributed by atoms with Crippen molar-refractivity contribution in [3.63, 3.8) is 0 Å². The monoisotopic (exact) mass is 550 g/mol. The smallest absolute Gasteiger partial charge is 0.475 e. The number of carbonyl (C=O) groups excluding carboxylic acids is 1. The Labute approximate surface area is 209 Å². The lowest BCUT2D eigenvalue weighted by Gasteiger charge is -2.35. The van der Waals surface area contributed by atoms with Crippen molar-refractivity contribution in [2.45, 2.75) is 44.3 Å². The van der Waals surface area contributed by atoms with Gasteiger partial charge in [0.2, 0.25) is 0 Å². The molecule has 2 aromatic heterocycles. The summed E-state index contributed by atoms with van der Waals surface area (Å²) < 4.78 is 90.3. The van der Waals surface area contributed by atoms with Gasteiger partial charge in [-0.2, -0.15) is 31.6 Å². The zero-order valence-electron chi connectivity index (χ0n) is 19.3. The van der Waals surface area contributed by atoms with E-state index in [1.165, 1.54) is 19.2 Å². The lowest BCUT2D eigenvalue weighted by molar-refractivity contribution is -0.208. The molecule has 4 N–H and O–H groups in total. The predicted octanol–water partition coefficient (Wildman–Crippen LogP) is 3.56. The molecule has 0 saturated carbocycles. The molecule has 10 nitrogen and oxygen atoms in total. The SMILES string of the molecule is Cc1cc(C#N)cnc1C(=O)Nc1ccc(F)c([C@]2(C)C[C@@H](C(F)(F)F)OC(N)=N2)n1.O=C(O)C(F)(F)F. The molecule has 1 aliphatic heterocycles. The molecule has 3 heterocycles. The zero-order valence-corrected chi connectivity index (χ0v) is 19.3. The number of aliphatic imine (C=N–C) groups is 1. The molecule has 0 fully saturated rings. The highest BCUT2D eigenvalue weighted by atomic mass is 19.4. The Kier molecular flexibility index (Phi) is 8.50. The van der Waals surface area contributed by atoms with E-state index < -0.39 is 59.8 Å². The van der Waals surface area contributed by atoms with Crippen LogP contribution in [0.15, 0.2) is 29.4 Å². The van der Waals surface area contributed by atoms with Crippen LogP contribution in [-0.2, 0) is 15.1 Å². The molecule has 0 radical (unpaired) electrons. The Morgan fingerprint density at radius 3 is 2.37 bits per heavy atom. The van der Waals surface area contributed by atoms with E-state index in [4.69, 9.17) is 20.9 Å². The Hall–Kier alpha value is -4.49. The van der Waals surface area contributed by atoms with E-state index in [0.717, 1.165) is 12.1 Å². The summed E-state index contributed by atoms with van der Waals surface area (Å²) >= 11 is 0. The van der Waals surface area contributed by atoms with Crippen molar-refractivity contribution in [2.24, 2.45) is 10.7 Å². The van der Waals surface area contributed by atoms with Gasteiger partial charge in [-0.1, -0.05) is 0 Å². The van der Waals surface area contributed by atoms with Crippen LogP contribution in [0.1, 0.15) is 40.7 Å². The van der Waals surface area contributed by atoms with Gasteiger partial charge < -0.3 is 20.9 Å². The van der Waals surface area contributed by atoms with Crippen LogP contribution >= 0.6 is 0 Å². The van der Waals surface area contributed by atoms with E-state index in [0.29, 0.717) is 5.56 Å². The van der Waals surface area contributed by atoms with Gasteiger partial charge in [-0.05, 0) is 37.6 Å². The van der Waals surface area contributed by atoms with Crippen molar-refractivity contribution < 1.29 is 50.2 Å². The number of carboxylic acids is 1. The van der Waals surface area contributed by atoms with Gasteiger partial charge >= 0.3 is 18.3 Å². The first kappa shape index (κ1) is 29.7. The quantitative estimate of drug-likeness (QED) is 0.489. The number of anilines is 1. The second-order valence-electron chi connectivity index (χ2n) is 7.86. The summed E-state index contributed by atoms with van der Waals surface area (Å²) in [4.78, 5) is 33.1. The molecule has 3 rings (SSSR count). The minimum atomic E-state index is -5.08. The summed E-state index contributed by atoms with van der Waals surface area (Å²) in [7, 11) is 0. The van der Waals surface area contributed by atoms with E-state index in [-0.39, 0.29) is 17.1 Å². The standard InChI is InChI=1S/C19H16F4N6O2.C2HF3O2/c1-9-5-10(7-24)8-26-14(9)16(30)28-13-4-3-11(20)15(27-13)18(2)6-12(19(21,22)23)31-17(25)29-18;3-2(4,5)1(6)7/h3-5,8,12H,6H2,1-2H3,(H2,25,29)(H,27,28,30);(H,6,7)/t12-,18-;/m0./s1. The number of nitriles is 1. The van der Waals surface area contributed by atoms with Crippen LogP contribution in [0.4, 0.5) is 36.6 Å². The molecule has 0 aliphatic carbocycles. The maximum absolute atomic E-state index is 14.5. The third-order valence-electron chi connectivity index (χ3n) is 4.83. The molecular weight excluding hydrogens is 533 g/mol. The van der Waals surface area contributed by atoms with Crippen LogP contribution in [0.25, 0.3) is 0 Å². The normalized spacial score (nSPS) is 19.2. The average molecular weight is 550 g/mol. The summed E-state index contributed by atoms with van der Waals surface area (Å²) in [5, 5.41) is 18.4. The number of carboxylic acid groups (broad SMARTS) is 1. The summed E-state index contributed by atoms with van der Waals surface area (Å²) in [6.45, 7) is 2.81. The number of pyridine rings is 2. The van der Waals surface area contributed by atoms with Crippen LogP contribution < -0.4 is 11.1 Å². The summed E-state index contributed by atoms with van der Waals surface area (Å²) in [5.41, 5.74) is 3.86. The van der Waals surface area contributed by atoms with Gasteiger partial charge in [0.05, 0.1) is 5.56 Å². The molecule has 17 heteroatoms. The molecule has 2 aromatic rings. The van der Waals surface area contributed by atoms with Gasteiger partial charge in [0.1, 0.15) is 34.6 Å². The summed E-state index contributed by atoms with van der Waals surface area (Å²) in [6, 6.07) is 4.71. The van der Waals surface area contributed by atoms with Gasteiger partial charge in [-0.15, -0.1) is 0 Å². The molecule has 0 saturated heterocycles. The number of aromatic nitrogens is 2. The first-order valence-corrected chi connectivity index (χ1v) is 10.1. The number of aliphatic carboxylic acids is 1.